The fraction of sp³-hybridized carbons (Fsp3) is 0.100. The lowest BCUT2D eigenvalue weighted by atomic mass is 9.91. The molecule has 46 heavy (non-hydrogen) atoms. The number of fused-ring (bicyclic) bond motifs is 4. The van der Waals surface area contributed by atoms with E-state index in [9.17, 15) is 0 Å². The van der Waals surface area contributed by atoms with E-state index in [1.54, 1.807) is 12.4 Å². The molecule has 8 aromatic rings. The molecule has 8 rings (SSSR count). The standard InChI is InChI=1S/C40H30N6/c1-40(2,3)34-21-19-26-17-16-25-18-20-30(43-35(25)36(26)45-34)28-11-8-10-27(24-28)29-12-9-15-33-37(29)46-39(32-14-5-7-23-42-32)38(44-33)31-13-4-6-22-41-31/h4-24H,1-3H3. The highest BCUT2D eigenvalue weighted by molar-refractivity contribution is 6.03. The van der Waals surface area contributed by atoms with E-state index < -0.39 is 0 Å². The summed E-state index contributed by atoms with van der Waals surface area (Å²) in [6, 6.07) is 39.0. The molecule has 220 valence electrons. The number of aromatic nitrogens is 6. The second-order valence-corrected chi connectivity index (χ2v) is 12.5. The lowest BCUT2D eigenvalue weighted by Gasteiger charge is -2.18. The second-order valence-electron chi connectivity index (χ2n) is 12.5. The van der Waals surface area contributed by atoms with E-state index in [0.717, 1.165) is 72.3 Å². The highest BCUT2D eigenvalue weighted by Crippen LogP contribution is 2.35. The van der Waals surface area contributed by atoms with Gasteiger partial charge in [-0.15, -0.1) is 0 Å². The van der Waals surface area contributed by atoms with Crippen LogP contribution in [0.4, 0.5) is 0 Å². The summed E-state index contributed by atoms with van der Waals surface area (Å²) in [7, 11) is 0. The topological polar surface area (TPSA) is 77.3 Å². The molecule has 0 spiro atoms. The van der Waals surface area contributed by atoms with Crippen molar-refractivity contribution in [3.63, 3.8) is 0 Å². The molecule has 0 radical (unpaired) electrons. The first-order valence-electron chi connectivity index (χ1n) is 15.4. The molecule has 0 aliphatic rings. The fourth-order valence-electron chi connectivity index (χ4n) is 5.87. The third-order valence-corrected chi connectivity index (χ3v) is 8.27. The first-order valence-corrected chi connectivity index (χ1v) is 15.4. The van der Waals surface area contributed by atoms with Crippen LogP contribution in [-0.2, 0) is 5.41 Å². The van der Waals surface area contributed by atoms with Crippen LogP contribution in [0.2, 0.25) is 0 Å². The minimum atomic E-state index is -0.0571. The van der Waals surface area contributed by atoms with Crippen LogP contribution in [0.1, 0.15) is 26.5 Å². The summed E-state index contributed by atoms with van der Waals surface area (Å²) in [6.07, 6.45) is 3.55. The molecule has 0 saturated carbocycles. The second kappa shape index (κ2) is 10.9. The van der Waals surface area contributed by atoms with E-state index in [1.807, 2.05) is 48.5 Å². The van der Waals surface area contributed by atoms with Gasteiger partial charge in [0, 0.05) is 45.4 Å². The van der Waals surface area contributed by atoms with Crippen molar-refractivity contribution in [1.82, 2.24) is 29.9 Å². The summed E-state index contributed by atoms with van der Waals surface area (Å²) < 4.78 is 0. The van der Waals surface area contributed by atoms with E-state index in [0.29, 0.717) is 11.4 Å². The Labute approximate surface area is 266 Å². The molecule has 0 atom stereocenters. The van der Waals surface area contributed by atoms with E-state index in [4.69, 9.17) is 19.9 Å². The Morgan fingerprint density at radius 1 is 0.457 bits per heavy atom. The van der Waals surface area contributed by atoms with Gasteiger partial charge in [0.15, 0.2) is 0 Å². The molecule has 3 aromatic carbocycles. The first kappa shape index (κ1) is 27.7. The van der Waals surface area contributed by atoms with Crippen molar-refractivity contribution in [2.45, 2.75) is 26.2 Å². The number of benzene rings is 3. The Bertz CT molecular complexity index is 2400. The zero-order valence-electron chi connectivity index (χ0n) is 25.8. The summed E-state index contributed by atoms with van der Waals surface area (Å²) in [6.45, 7) is 6.56. The van der Waals surface area contributed by atoms with Crippen molar-refractivity contribution < 1.29 is 0 Å². The predicted molar refractivity (Wildman–Crippen MR) is 186 cm³/mol. The monoisotopic (exact) mass is 594 g/mol. The Kier molecular flexibility index (Phi) is 6.57. The van der Waals surface area contributed by atoms with Crippen LogP contribution in [-0.4, -0.2) is 29.9 Å². The third-order valence-electron chi connectivity index (χ3n) is 8.27. The summed E-state index contributed by atoms with van der Waals surface area (Å²) in [5.41, 5.74) is 11.2. The van der Waals surface area contributed by atoms with Gasteiger partial charge in [0.25, 0.3) is 0 Å². The van der Waals surface area contributed by atoms with E-state index in [1.165, 1.54) is 0 Å². The molecular weight excluding hydrogens is 564 g/mol. The van der Waals surface area contributed by atoms with Crippen molar-refractivity contribution >= 4 is 32.8 Å². The number of hydrogen-bond acceptors (Lipinski definition) is 6. The van der Waals surface area contributed by atoms with Crippen molar-refractivity contribution in [3.05, 3.63) is 133 Å². The maximum absolute atomic E-state index is 5.21. The number of rotatable bonds is 4. The smallest absolute Gasteiger partial charge is 0.117 e. The average Bonchev–Trinajstić information content (AvgIpc) is 3.10. The first-order chi connectivity index (χ1) is 22.4. The van der Waals surface area contributed by atoms with Gasteiger partial charge in [-0.3, -0.25) is 9.97 Å². The van der Waals surface area contributed by atoms with Gasteiger partial charge in [-0.2, -0.15) is 0 Å². The predicted octanol–water partition coefficient (Wildman–Crippen LogP) is 9.48. The molecule has 6 heteroatoms. The van der Waals surface area contributed by atoms with E-state index >= 15 is 0 Å². The SMILES string of the molecule is CC(C)(C)c1ccc2ccc3ccc(-c4cccc(-c5cccc6nc(-c7ccccn7)c(-c7ccccn7)nc56)c4)nc3c2n1. The Morgan fingerprint density at radius 2 is 1.09 bits per heavy atom. The van der Waals surface area contributed by atoms with Gasteiger partial charge >= 0.3 is 0 Å². The largest absolute Gasteiger partial charge is 0.255 e. The lowest BCUT2D eigenvalue weighted by Crippen LogP contribution is -2.13. The molecule has 0 amide bonds. The maximum atomic E-state index is 5.21. The summed E-state index contributed by atoms with van der Waals surface area (Å²) in [4.78, 5) is 29.8. The van der Waals surface area contributed by atoms with Crippen LogP contribution >= 0.6 is 0 Å². The van der Waals surface area contributed by atoms with Gasteiger partial charge in [-0.25, -0.2) is 19.9 Å². The van der Waals surface area contributed by atoms with Crippen LogP contribution in [0.3, 0.4) is 0 Å². The lowest BCUT2D eigenvalue weighted by molar-refractivity contribution is 0.571. The molecule has 5 aromatic heterocycles. The van der Waals surface area contributed by atoms with E-state index in [2.05, 4.69) is 97.5 Å². The highest BCUT2D eigenvalue weighted by atomic mass is 14.9. The minimum Gasteiger partial charge on any atom is -0.255 e. The molecule has 0 bridgehead atoms. The van der Waals surface area contributed by atoms with Crippen molar-refractivity contribution in [3.8, 4) is 45.2 Å². The van der Waals surface area contributed by atoms with Crippen LogP contribution < -0.4 is 0 Å². The zero-order valence-corrected chi connectivity index (χ0v) is 25.8. The van der Waals surface area contributed by atoms with Crippen LogP contribution in [0, 0.1) is 0 Å². The van der Waals surface area contributed by atoms with Gasteiger partial charge in [-0.1, -0.05) is 87.5 Å². The maximum Gasteiger partial charge on any atom is 0.117 e. The van der Waals surface area contributed by atoms with Crippen LogP contribution in [0.25, 0.3) is 78.0 Å². The Balaban J connectivity index is 1.28. The number of nitrogens with zero attached hydrogens (tertiary/aromatic N) is 6. The minimum absolute atomic E-state index is 0.0571. The van der Waals surface area contributed by atoms with Crippen LogP contribution in [0.5, 0.6) is 0 Å². The normalized spacial score (nSPS) is 11.8. The van der Waals surface area contributed by atoms with Gasteiger partial charge in [0.2, 0.25) is 0 Å². The van der Waals surface area contributed by atoms with Gasteiger partial charge in [0.05, 0.1) is 39.1 Å². The highest BCUT2D eigenvalue weighted by Gasteiger charge is 2.19. The molecule has 0 aliphatic carbocycles. The zero-order chi connectivity index (χ0) is 31.3. The molecule has 6 nitrogen and oxygen atoms in total. The third kappa shape index (κ3) is 4.94. The van der Waals surface area contributed by atoms with Crippen molar-refractivity contribution in [1.29, 1.82) is 0 Å². The fourth-order valence-corrected chi connectivity index (χ4v) is 5.87. The number of para-hydroxylation sites is 1. The molecule has 0 aliphatic heterocycles. The van der Waals surface area contributed by atoms with Gasteiger partial charge in [0.1, 0.15) is 11.4 Å². The number of hydrogen-bond donors (Lipinski definition) is 0. The Hall–Kier alpha value is -5.88. The molecule has 0 fully saturated rings. The molecule has 0 saturated heterocycles. The summed E-state index contributed by atoms with van der Waals surface area (Å²) >= 11 is 0. The van der Waals surface area contributed by atoms with Gasteiger partial charge < -0.3 is 0 Å². The van der Waals surface area contributed by atoms with Gasteiger partial charge in [-0.05, 0) is 54.1 Å². The molecule has 0 unspecified atom stereocenters. The summed E-state index contributed by atoms with van der Waals surface area (Å²) in [5.74, 6) is 0. The number of pyridine rings is 4. The molecular formula is C40H30N6. The molecule has 5 heterocycles. The average molecular weight is 595 g/mol. The summed E-state index contributed by atoms with van der Waals surface area (Å²) in [5, 5.41) is 2.16. The van der Waals surface area contributed by atoms with Crippen molar-refractivity contribution in [2.75, 3.05) is 0 Å². The van der Waals surface area contributed by atoms with Crippen LogP contribution in [0.15, 0.2) is 128 Å². The van der Waals surface area contributed by atoms with E-state index in [-0.39, 0.29) is 5.41 Å². The van der Waals surface area contributed by atoms with Crippen molar-refractivity contribution in [2.24, 2.45) is 0 Å². The quantitative estimate of drug-likeness (QED) is 0.189. The Morgan fingerprint density at radius 3 is 1.78 bits per heavy atom. The molecule has 0 N–H and O–H groups in total.